The van der Waals surface area contributed by atoms with Gasteiger partial charge in [0.05, 0.1) is 13.0 Å². The summed E-state index contributed by atoms with van der Waals surface area (Å²) < 4.78 is 11.0. The maximum atomic E-state index is 12.5. The Kier molecular flexibility index (Phi) is 4.76. The Morgan fingerprint density at radius 3 is 2.96 bits per heavy atom. The molecular weight excluding hydrogens is 292 g/mol. The molecule has 0 radical (unpaired) electrons. The van der Waals surface area contributed by atoms with Gasteiger partial charge in [-0.2, -0.15) is 0 Å². The summed E-state index contributed by atoms with van der Waals surface area (Å²) in [7, 11) is 1.64. The van der Waals surface area contributed by atoms with Gasteiger partial charge in [0.25, 0.3) is 0 Å². The third-order valence-electron chi connectivity index (χ3n) is 4.85. The summed E-state index contributed by atoms with van der Waals surface area (Å²) >= 11 is 0. The van der Waals surface area contributed by atoms with Crippen LogP contribution in [0, 0.1) is 5.92 Å². The lowest BCUT2D eigenvalue weighted by Crippen LogP contribution is -2.44. The first kappa shape index (κ1) is 16.1. The SMILES string of the molecule is COc1ccc2c(c1)OC[C@H](C(=O)N[C@@H]1CCN(C(C)C)C1)C2. The van der Waals surface area contributed by atoms with E-state index in [4.69, 9.17) is 9.47 Å². The van der Waals surface area contributed by atoms with Gasteiger partial charge in [-0.05, 0) is 38.3 Å². The molecule has 0 saturated carbocycles. The molecule has 1 saturated heterocycles. The van der Waals surface area contributed by atoms with Crippen LogP contribution in [0.1, 0.15) is 25.8 Å². The van der Waals surface area contributed by atoms with Crippen molar-refractivity contribution in [2.45, 2.75) is 38.8 Å². The number of carbonyl (C=O) groups excluding carboxylic acids is 1. The first-order valence-corrected chi connectivity index (χ1v) is 8.41. The van der Waals surface area contributed by atoms with Crippen molar-refractivity contribution in [2.24, 2.45) is 5.92 Å². The topological polar surface area (TPSA) is 50.8 Å². The standard InChI is InChI=1S/C18H26N2O3/c1-12(2)20-7-6-15(10-20)19-18(21)14-8-13-4-5-16(22-3)9-17(13)23-11-14/h4-5,9,12,14-15H,6-8,10-11H2,1-3H3,(H,19,21)/t14-,15-/m1/s1. The molecule has 2 atom stereocenters. The van der Waals surface area contributed by atoms with E-state index in [9.17, 15) is 4.79 Å². The monoisotopic (exact) mass is 318 g/mol. The predicted molar refractivity (Wildman–Crippen MR) is 88.9 cm³/mol. The minimum Gasteiger partial charge on any atom is -0.497 e. The van der Waals surface area contributed by atoms with Gasteiger partial charge in [-0.3, -0.25) is 9.69 Å². The molecule has 2 aliphatic rings. The van der Waals surface area contributed by atoms with Crippen molar-refractivity contribution < 1.29 is 14.3 Å². The Labute approximate surface area is 137 Å². The van der Waals surface area contributed by atoms with E-state index in [2.05, 4.69) is 24.1 Å². The molecule has 0 bridgehead atoms. The van der Waals surface area contributed by atoms with E-state index in [-0.39, 0.29) is 17.9 Å². The van der Waals surface area contributed by atoms with Gasteiger partial charge < -0.3 is 14.8 Å². The number of methoxy groups -OCH3 is 1. The quantitative estimate of drug-likeness (QED) is 0.920. The number of amides is 1. The maximum absolute atomic E-state index is 12.5. The van der Waals surface area contributed by atoms with Crippen molar-refractivity contribution in [3.8, 4) is 11.5 Å². The Hall–Kier alpha value is -1.75. The molecule has 23 heavy (non-hydrogen) atoms. The molecule has 3 rings (SSSR count). The van der Waals surface area contributed by atoms with Crippen molar-refractivity contribution in [1.82, 2.24) is 10.2 Å². The van der Waals surface area contributed by atoms with E-state index >= 15 is 0 Å². The molecule has 2 aliphatic heterocycles. The van der Waals surface area contributed by atoms with Gasteiger partial charge in [0.2, 0.25) is 5.91 Å². The Morgan fingerprint density at radius 2 is 2.26 bits per heavy atom. The summed E-state index contributed by atoms with van der Waals surface area (Å²) in [5, 5.41) is 3.20. The zero-order valence-electron chi connectivity index (χ0n) is 14.2. The molecular formula is C18H26N2O3. The molecule has 0 unspecified atom stereocenters. The molecule has 1 N–H and O–H groups in total. The molecule has 126 valence electrons. The number of nitrogens with zero attached hydrogens (tertiary/aromatic N) is 1. The summed E-state index contributed by atoms with van der Waals surface area (Å²) in [6.45, 7) is 6.85. The van der Waals surface area contributed by atoms with E-state index in [0.717, 1.165) is 43.0 Å². The number of nitrogens with one attached hydrogen (secondary N) is 1. The van der Waals surface area contributed by atoms with Crippen LogP contribution in [0.15, 0.2) is 18.2 Å². The normalized spacial score (nSPS) is 24.2. The number of ether oxygens (including phenoxy) is 2. The minimum absolute atomic E-state index is 0.107. The van der Waals surface area contributed by atoms with Crippen LogP contribution in [0.5, 0.6) is 11.5 Å². The van der Waals surface area contributed by atoms with Gasteiger partial charge in [-0.15, -0.1) is 0 Å². The number of fused-ring (bicyclic) bond motifs is 1. The van der Waals surface area contributed by atoms with E-state index in [0.29, 0.717) is 12.6 Å². The second-order valence-corrected chi connectivity index (χ2v) is 6.77. The lowest BCUT2D eigenvalue weighted by atomic mass is 9.95. The average molecular weight is 318 g/mol. The highest BCUT2D eigenvalue weighted by atomic mass is 16.5. The van der Waals surface area contributed by atoms with Gasteiger partial charge in [0.1, 0.15) is 18.1 Å². The molecule has 2 heterocycles. The van der Waals surface area contributed by atoms with Crippen LogP contribution in [-0.2, 0) is 11.2 Å². The number of hydrogen-bond acceptors (Lipinski definition) is 4. The van der Waals surface area contributed by atoms with Crippen molar-refractivity contribution in [1.29, 1.82) is 0 Å². The van der Waals surface area contributed by atoms with Crippen LogP contribution in [0.4, 0.5) is 0 Å². The van der Waals surface area contributed by atoms with Crippen molar-refractivity contribution in [3.63, 3.8) is 0 Å². The molecule has 1 fully saturated rings. The van der Waals surface area contributed by atoms with E-state index < -0.39 is 0 Å². The summed E-state index contributed by atoms with van der Waals surface area (Å²) in [6.07, 6.45) is 1.76. The lowest BCUT2D eigenvalue weighted by molar-refractivity contribution is -0.126. The van der Waals surface area contributed by atoms with Crippen LogP contribution >= 0.6 is 0 Å². The van der Waals surface area contributed by atoms with E-state index in [1.807, 2.05) is 18.2 Å². The Morgan fingerprint density at radius 1 is 1.43 bits per heavy atom. The molecule has 1 amide bonds. The van der Waals surface area contributed by atoms with Crippen molar-refractivity contribution >= 4 is 5.91 Å². The van der Waals surface area contributed by atoms with Crippen LogP contribution < -0.4 is 14.8 Å². The molecule has 1 aromatic carbocycles. The molecule has 5 nitrogen and oxygen atoms in total. The number of hydrogen-bond donors (Lipinski definition) is 1. The van der Waals surface area contributed by atoms with Crippen LogP contribution in [0.3, 0.4) is 0 Å². The minimum atomic E-state index is -0.107. The summed E-state index contributed by atoms with van der Waals surface area (Å²) in [6, 6.07) is 6.60. The van der Waals surface area contributed by atoms with Crippen molar-refractivity contribution in [3.05, 3.63) is 23.8 Å². The summed E-state index contributed by atoms with van der Waals surface area (Å²) in [4.78, 5) is 14.9. The predicted octanol–water partition coefficient (Wildman–Crippen LogP) is 1.85. The number of benzene rings is 1. The fourth-order valence-corrected chi connectivity index (χ4v) is 3.34. The number of carbonyl (C=O) groups is 1. The third kappa shape index (κ3) is 3.61. The molecule has 0 aromatic heterocycles. The van der Waals surface area contributed by atoms with E-state index in [1.54, 1.807) is 7.11 Å². The molecule has 0 spiro atoms. The largest absolute Gasteiger partial charge is 0.497 e. The van der Waals surface area contributed by atoms with Gasteiger partial charge >= 0.3 is 0 Å². The molecule has 1 aromatic rings. The first-order chi connectivity index (χ1) is 11.1. The second-order valence-electron chi connectivity index (χ2n) is 6.77. The molecule has 5 heteroatoms. The van der Waals surface area contributed by atoms with Crippen LogP contribution in [0.2, 0.25) is 0 Å². The summed E-state index contributed by atoms with van der Waals surface area (Å²) in [5.41, 5.74) is 1.08. The first-order valence-electron chi connectivity index (χ1n) is 8.41. The highest BCUT2D eigenvalue weighted by Gasteiger charge is 2.30. The smallest absolute Gasteiger partial charge is 0.227 e. The fraction of sp³-hybridized carbons (Fsp3) is 0.611. The van der Waals surface area contributed by atoms with Gasteiger partial charge in [0.15, 0.2) is 0 Å². The Bertz CT molecular complexity index is 573. The average Bonchev–Trinajstić information content (AvgIpc) is 3.02. The zero-order chi connectivity index (χ0) is 16.4. The molecule has 0 aliphatic carbocycles. The van der Waals surface area contributed by atoms with Crippen molar-refractivity contribution in [2.75, 3.05) is 26.8 Å². The zero-order valence-corrected chi connectivity index (χ0v) is 14.2. The highest BCUT2D eigenvalue weighted by molar-refractivity contribution is 5.80. The number of rotatable bonds is 4. The maximum Gasteiger partial charge on any atom is 0.227 e. The number of likely N-dealkylation sites (tertiary alicyclic amines) is 1. The van der Waals surface area contributed by atoms with Crippen LogP contribution in [0.25, 0.3) is 0 Å². The van der Waals surface area contributed by atoms with Gasteiger partial charge in [-0.25, -0.2) is 0 Å². The van der Waals surface area contributed by atoms with E-state index in [1.165, 1.54) is 0 Å². The Balaban J connectivity index is 1.57. The van der Waals surface area contributed by atoms with Crippen LogP contribution in [-0.4, -0.2) is 49.7 Å². The van der Waals surface area contributed by atoms with Gasteiger partial charge in [0, 0.05) is 31.2 Å². The third-order valence-corrected chi connectivity index (χ3v) is 4.85. The summed E-state index contributed by atoms with van der Waals surface area (Å²) in [5.74, 6) is 1.62. The van der Waals surface area contributed by atoms with Gasteiger partial charge in [-0.1, -0.05) is 6.07 Å². The fourth-order valence-electron chi connectivity index (χ4n) is 3.34. The lowest BCUT2D eigenvalue weighted by Gasteiger charge is -2.26. The second kappa shape index (κ2) is 6.79. The highest BCUT2D eigenvalue weighted by Crippen LogP contribution is 2.31.